The molecule has 1 saturated heterocycles. The number of anilines is 1. The largest absolute Gasteiger partial charge is 0.495 e. The third-order valence-corrected chi connectivity index (χ3v) is 7.16. The van der Waals surface area contributed by atoms with Crippen molar-refractivity contribution in [2.75, 3.05) is 51.2 Å². The summed E-state index contributed by atoms with van der Waals surface area (Å²) in [5.41, 5.74) is 1.17. The van der Waals surface area contributed by atoms with Crippen molar-refractivity contribution in [2.45, 2.75) is 11.8 Å². The maximum Gasteiger partial charge on any atom is 0.264 e. The lowest BCUT2D eigenvalue weighted by molar-refractivity contribution is -0.131. The van der Waals surface area contributed by atoms with Gasteiger partial charge >= 0.3 is 0 Å². The Morgan fingerprint density at radius 1 is 1.10 bits per heavy atom. The highest BCUT2D eigenvalue weighted by atomic mass is 35.5. The van der Waals surface area contributed by atoms with E-state index in [0.717, 1.165) is 23.0 Å². The fourth-order valence-corrected chi connectivity index (χ4v) is 4.86. The first-order valence-corrected chi connectivity index (χ1v) is 11.4. The van der Waals surface area contributed by atoms with Crippen LogP contribution in [-0.2, 0) is 14.8 Å². The number of nitrogens with zero attached hydrogens (tertiary/aromatic N) is 3. The van der Waals surface area contributed by atoms with Crippen molar-refractivity contribution in [3.05, 3.63) is 53.1 Å². The number of sulfonamides is 1. The van der Waals surface area contributed by atoms with E-state index in [1.807, 2.05) is 14.0 Å². The van der Waals surface area contributed by atoms with Gasteiger partial charge in [-0.15, -0.1) is 0 Å². The molecule has 0 bridgehead atoms. The fraction of sp³-hybridized carbons (Fsp3) is 0.381. The fourth-order valence-electron chi connectivity index (χ4n) is 3.27. The number of halogens is 1. The van der Waals surface area contributed by atoms with Crippen molar-refractivity contribution in [2.24, 2.45) is 0 Å². The van der Waals surface area contributed by atoms with Crippen LogP contribution < -0.4 is 9.04 Å². The highest BCUT2D eigenvalue weighted by Crippen LogP contribution is 2.35. The predicted molar refractivity (Wildman–Crippen MR) is 118 cm³/mol. The van der Waals surface area contributed by atoms with E-state index in [-0.39, 0.29) is 23.0 Å². The van der Waals surface area contributed by atoms with Crippen LogP contribution in [0.2, 0.25) is 5.02 Å². The normalized spacial score (nSPS) is 15.1. The third-order valence-electron chi connectivity index (χ3n) is 5.15. The molecule has 0 unspecified atom stereocenters. The van der Waals surface area contributed by atoms with Crippen molar-refractivity contribution >= 4 is 33.2 Å². The van der Waals surface area contributed by atoms with Crippen LogP contribution in [0.3, 0.4) is 0 Å². The highest BCUT2D eigenvalue weighted by molar-refractivity contribution is 7.92. The molecule has 1 aliphatic heterocycles. The smallest absolute Gasteiger partial charge is 0.264 e. The van der Waals surface area contributed by atoms with Crippen LogP contribution >= 0.6 is 11.6 Å². The standard InChI is InChI=1S/C21H26ClN3O4S/c1-16-4-7-18(8-5-16)30(27,28)25(19-14-17(22)6-9-20(19)29-3)15-21(26)24-12-10-23(2)11-13-24/h4-9,14H,10-13,15H2,1-3H3. The van der Waals surface area contributed by atoms with Gasteiger partial charge in [-0.05, 0) is 44.3 Å². The second-order valence-electron chi connectivity index (χ2n) is 7.32. The number of benzene rings is 2. The number of likely N-dealkylation sites (N-methyl/N-ethyl adjacent to an activating group) is 1. The van der Waals surface area contributed by atoms with E-state index in [1.54, 1.807) is 29.2 Å². The zero-order valence-electron chi connectivity index (χ0n) is 17.3. The van der Waals surface area contributed by atoms with Crippen LogP contribution in [0.4, 0.5) is 5.69 Å². The van der Waals surface area contributed by atoms with E-state index in [0.29, 0.717) is 23.9 Å². The summed E-state index contributed by atoms with van der Waals surface area (Å²) < 4.78 is 33.5. The van der Waals surface area contributed by atoms with Gasteiger partial charge in [-0.3, -0.25) is 9.10 Å². The summed E-state index contributed by atoms with van der Waals surface area (Å²) in [6, 6.07) is 11.2. The molecule has 1 fully saturated rings. The van der Waals surface area contributed by atoms with E-state index in [9.17, 15) is 13.2 Å². The average molecular weight is 452 g/mol. The maximum atomic E-state index is 13.5. The number of carbonyl (C=O) groups excluding carboxylic acids is 1. The van der Waals surface area contributed by atoms with Crippen LogP contribution in [0.15, 0.2) is 47.4 Å². The molecule has 0 atom stereocenters. The lowest BCUT2D eigenvalue weighted by Crippen LogP contribution is -2.50. The minimum Gasteiger partial charge on any atom is -0.495 e. The maximum absolute atomic E-state index is 13.5. The highest BCUT2D eigenvalue weighted by Gasteiger charge is 2.31. The van der Waals surface area contributed by atoms with Crippen molar-refractivity contribution in [1.29, 1.82) is 0 Å². The number of carbonyl (C=O) groups is 1. The topological polar surface area (TPSA) is 70.2 Å². The molecular weight excluding hydrogens is 426 g/mol. The Bertz CT molecular complexity index is 1000. The number of hydrogen-bond acceptors (Lipinski definition) is 5. The van der Waals surface area contributed by atoms with Crippen molar-refractivity contribution in [3.63, 3.8) is 0 Å². The Balaban J connectivity index is 2.02. The second kappa shape index (κ2) is 9.24. The van der Waals surface area contributed by atoms with Gasteiger partial charge in [-0.25, -0.2) is 8.42 Å². The van der Waals surface area contributed by atoms with E-state index in [4.69, 9.17) is 16.3 Å². The monoisotopic (exact) mass is 451 g/mol. The Hall–Kier alpha value is -2.29. The lowest BCUT2D eigenvalue weighted by atomic mass is 10.2. The summed E-state index contributed by atoms with van der Waals surface area (Å²) >= 11 is 6.16. The second-order valence-corrected chi connectivity index (χ2v) is 9.62. The number of methoxy groups -OCH3 is 1. The quantitative estimate of drug-likeness (QED) is 0.675. The van der Waals surface area contributed by atoms with Gasteiger partial charge in [-0.1, -0.05) is 29.3 Å². The van der Waals surface area contributed by atoms with Gasteiger partial charge in [0.2, 0.25) is 5.91 Å². The Kier molecular flexibility index (Phi) is 6.90. The zero-order chi connectivity index (χ0) is 21.9. The van der Waals surface area contributed by atoms with Crippen LogP contribution in [-0.4, -0.2) is 71.0 Å². The van der Waals surface area contributed by atoms with Crippen molar-refractivity contribution in [1.82, 2.24) is 9.80 Å². The van der Waals surface area contributed by atoms with Crippen LogP contribution in [0.5, 0.6) is 5.75 Å². The van der Waals surface area contributed by atoms with Crippen molar-refractivity contribution in [3.8, 4) is 5.75 Å². The van der Waals surface area contributed by atoms with Crippen LogP contribution in [0.25, 0.3) is 0 Å². The van der Waals surface area contributed by atoms with Gasteiger partial charge in [0.05, 0.1) is 17.7 Å². The Labute approximate surface area is 182 Å². The summed E-state index contributed by atoms with van der Waals surface area (Å²) in [5, 5.41) is 0.349. The minimum atomic E-state index is -4.03. The number of hydrogen-bond donors (Lipinski definition) is 0. The molecular formula is C21H26ClN3O4S. The summed E-state index contributed by atoms with van der Waals surface area (Å²) in [4.78, 5) is 16.9. The number of piperazine rings is 1. The predicted octanol–water partition coefficient (Wildman–Crippen LogP) is 2.63. The first-order valence-electron chi connectivity index (χ1n) is 9.61. The SMILES string of the molecule is COc1ccc(Cl)cc1N(CC(=O)N1CCN(C)CC1)S(=O)(=O)c1ccc(C)cc1. The molecule has 0 saturated carbocycles. The average Bonchev–Trinajstić information content (AvgIpc) is 2.72. The van der Waals surface area contributed by atoms with Crippen LogP contribution in [0, 0.1) is 6.92 Å². The third kappa shape index (κ3) is 4.88. The molecule has 162 valence electrons. The molecule has 0 aromatic heterocycles. The molecule has 1 aliphatic rings. The van der Waals surface area contributed by atoms with Gasteiger partial charge in [-0.2, -0.15) is 0 Å². The van der Waals surface area contributed by atoms with Gasteiger partial charge in [0, 0.05) is 31.2 Å². The summed E-state index contributed by atoms with van der Waals surface area (Å²) in [5.74, 6) is 0.0575. The number of rotatable bonds is 6. The summed E-state index contributed by atoms with van der Waals surface area (Å²) in [6.07, 6.45) is 0. The first-order chi connectivity index (χ1) is 14.2. The first kappa shape index (κ1) is 22.4. The van der Waals surface area contributed by atoms with E-state index < -0.39 is 10.0 Å². The van der Waals surface area contributed by atoms with Gasteiger partial charge in [0.25, 0.3) is 10.0 Å². The van der Waals surface area contributed by atoms with Gasteiger partial charge in [0.15, 0.2) is 0 Å². The zero-order valence-corrected chi connectivity index (χ0v) is 18.9. The Morgan fingerprint density at radius 3 is 2.33 bits per heavy atom. The van der Waals surface area contributed by atoms with E-state index in [1.165, 1.54) is 25.3 Å². The molecule has 0 radical (unpaired) electrons. The lowest BCUT2D eigenvalue weighted by Gasteiger charge is -2.34. The minimum absolute atomic E-state index is 0.0984. The number of amides is 1. The molecule has 9 heteroatoms. The molecule has 30 heavy (non-hydrogen) atoms. The molecule has 0 spiro atoms. The molecule has 7 nitrogen and oxygen atoms in total. The van der Waals surface area contributed by atoms with Crippen LogP contribution in [0.1, 0.15) is 5.56 Å². The number of ether oxygens (including phenoxy) is 1. The number of aryl methyl sites for hydroxylation is 1. The molecule has 2 aromatic rings. The van der Waals surface area contributed by atoms with Gasteiger partial charge < -0.3 is 14.5 Å². The molecule has 3 rings (SSSR count). The van der Waals surface area contributed by atoms with E-state index >= 15 is 0 Å². The van der Waals surface area contributed by atoms with Gasteiger partial charge in [0.1, 0.15) is 12.3 Å². The molecule has 0 aliphatic carbocycles. The summed E-state index contributed by atoms with van der Waals surface area (Å²) in [7, 11) is -0.585. The molecule has 2 aromatic carbocycles. The van der Waals surface area contributed by atoms with E-state index in [2.05, 4.69) is 4.90 Å². The molecule has 1 heterocycles. The molecule has 0 N–H and O–H groups in total. The summed E-state index contributed by atoms with van der Waals surface area (Å²) in [6.45, 7) is 4.15. The Morgan fingerprint density at radius 2 is 1.73 bits per heavy atom. The molecule has 1 amide bonds. The van der Waals surface area contributed by atoms with Crippen molar-refractivity contribution < 1.29 is 17.9 Å².